The molecule has 1 N–H and O–H groups in total. The summed E-state index contributed by atoms with van der Waals surface area (Å²) >= 11 is 0. The predicted octanol–water partition coefficient (Wildman–Crippen LogP) is 2.30. The third-order valence-electron chi connectivity index (χ3n) is 3.10. The van der Waals surface area contributed by atoms with E-state index in [1.807, 2.05) is 45.9 Å². The van der Waals surface area contributed by atoms with Crippen LogP contribution in [0.5, 0.6) is 5.75 Å². The van der Waals surface area contributed by atoms with Crippen molar-refractivity contribution in [1.29, 1.82) is 0 Å². The van der Waals surface area contributed by atoms with Crippen molar-refractivity contribution >= 4 is 5.91 Å². The summed E-state index contributed by atoms with van der Waals surface area (Å²) < 4.78 is 5.62. The number of hydrogen-bond donors (Lipinski definition) is 1. The Balaban J connectivity index is 2.67. The minimum atomic E-state index is -0.540. The van der Waals surface area contributed by atoms with Crippen LogP contribution in [0.3, 0.4) is 0 Å². The van der Waals surface area contributed by atoms with E-state index in [2.05, 4.69) is 0 Å². The lowest BCUT2D eigenvalue weighted by Gasteiger charge is -2.28. The maximum Gasteiger partial charge on any atom is 0.260 e. The normalized spacial score (nSPS) is 12.3. The molecule has 0 saturated heterocycles. The Morgan fingerprint density at radius 1 is 1.30 bits per heavy atom. The van der Waals surface area contributed by atoms with Gasteiger partial charge in [-0.25, -0.2) is 0 Å². The van der Waals surface area contributed by atoms with Crippen molar-refractivity contribution in [2.45, 2.75) is 46.8 Å². The molecule has 1 aromatic rings. The topological polar surface area (TPSA) is 49.8 Å². The summed E-state index contributed by atoms with van der Waals surface area (Å²) in [5.41, 5.74) is 2.11. The molecule has 4 nitrogen and oxygen atoms in total. The zero-order valence-corrected chi connectivity index (χ0v) is 13.0. The number of benzene rings is 1. The molecule has 0 aromatic heterocycles. The summed E-state index contributed by atoms with van der Waals surface area (Å²) in [6, 6.07) is 5.96. The van der Waals surface area contributed by atoms with Crippen molar-refractivity contribution in [2.24, 2.45) is 0 Å². The van der Waals surface area contributed by atoms with Gasteiger partial charge in [-0.2, -0.15) is 0 Å². The number of rotatable bonds is 6. The number of ether oxygens (including phenoxy) is 1. The summed E-state index contributed by atoms with van der Waals surface area (Å²) in [6.45, 7) is 9.80. The number of aliphatic hydroxyl groups excluding tert-OH is 1. The molecule has 1 atom stereocenters. The second kappa shape index (κ2) is 7.29. The van der Waals surface area contributed by atoms with E-state index in [0.717, 1.165) is 16.9 Å². The Morgan fingerprint density at radius 2 is 1.95 bits per heavy atom. The molecule has 0 fully saturated rings. The van der Waals surface area contributed by atoms with Crippen LogP contribution in [-0.2, 0) is 4.79 Å². The smallest absolute Gasteiger partial charge is 0.260 e. The number of carbonyl (C=O) groups excluding carboxylic acids is 1. The zero-order chi connectivity index (χ0) is 15.3. The van der Waals surface area contributed by atoms with Crippen LogP contribution in [0.4, 0.5) is 0 Å². The number of carbonyl (C=O) groups is 1. The van der Waals surface area contributed by atoms with Crippen molar-refractivity contribution in [2.75, 3.05) is 13.2 Å². The molecule has 1 aromatic carbocycles. The van der Waals surface area contributed by atoms with E-state index in [-0.39, 0.29) is 18.6 Å². The minimum absolute atomic E-state index is 0.00477. The molecule has 1 rings (SSSR count). The van der Waals surface area contributed by atoms with E-state index in [4.69, 9.17) is 4.74 Å². The molecule has 4 heteroatoms. The van der Waals surface area contributed by atoms with Crippen LogP contribution < -0.4 is 4.74 Å². The maximum atomic E-state index is 12.2. The second-order valence-electron chi connectivity index (χ2n) is 5.55. The molecule has 20 heavy (non-hydrogen) atoms. The highest BCUT2D eigenvalue weighted by Gasteiger charge is 2.19. The molecular formula is C16H25NO3. The van der Waals surface area contributed by atoms with Crippen molar-refractivity contribution in [3.8, 4) is 5.75 Å². The van der Waals surface area contributed by atoms with E-state index < -0.39 is 6.10 Å². The van der Waals surface area contributed by atoms with Gasteiger partial charge in [0.15, 0.2) is 6.61 Å². The van der Waals surface area contributed by atoms with Crippen LogP contribution in [-0.4, -0.2) is 41.2 Å². The van der Waals surface area contributed by atoms with Crippen molar-refractivity contribution in [3.63, 3.8) is 0 Å². The lowest BCUT2D eigenvalue weighted by molar-refractivity contribution is -0.136. The van der Waals surface area contributed by atoms with E-state index in [1.54, 1.807) is 11.8 Å². The van der Waals surface area contributed by atoms with Gasteiger partial charge in [0.1, 0.15) is 5.75 Å². The minimum Gasteiger partial charge on any atom is -0.483 e. The second-order valence-corrected chi connectivity index (χ2v) is 5.55. The molecule has 0 aliphatic heterocycles. The standard InChI is InChI=1S/C16H25NO3/c1-11(2)17(9-14(5)18)16(19)10-20-15-8-12(3)6-7-13(15)4/h6-8,11,14,18H,9-10H2,1-5H3. The summed E-state index contributed by atoms with van der Waals surface area (Å²) in [7, 11) is 0. The molecule has 0 heterocycles. The highest BCUT2D eigenvalue weighted by atomic mass is 16.5. The SMILES string of the molecule is Cc1ccc(C)c(OCC(=O)N(CC(C)O)C(C)C)c1. The first kappa shape index (κ1) is 16.5. The van der Waals surface area contributed by atoms with Gasteiger partial charge in [0.25, 0.3) is 5.91 Å². The molecule has 1 amide bonds. The lowest BCUT2D eigenvalue weighted by atomic mass is 10.1. The van der Waals surface area contributed by atoms with Gasteiger partial charge in [0, 0.05) is 12.6 Å². The van der Waals surface area contributed by atoms with Crippen LogP contribution in [0, 0.1) is 13.8 Å². The highest BCUT2D eigenvalue weighted by molar-refractivity contribution is 5.78. The zero-order valence-electron chi connectivity index (χ0n) is 13.0. The Bertz CT molecular complexity index is 455. The third kappa shape index (κ3) is 4.85. The first-order valence-electron chi connectivity index (χ1n) is 6.99. The fourth-order valence-corrected chi connectivity index (χ4v) is 1.97. The number of aryl methyl sites for hydroxylation is 2. The molecule has 0 radical (unpaired) electrons. The quantitative estimate of drug-likeness (QED) is 0.869. The van der Waals surface area contributed by atoms with Crippen LogP contribution >= 0.6 is 0 Å². The largest absolute Gasteiger partial charge is 0.483 e. The van der Waals surface area contributed by atoms with Gasteiger partial charge < -0.3 is 14.7 Å². The predicted molar refractivity (Wildman–Crippen MR) is 79.9 cm³/mol. The third-order valence-corrected chi connectivity index (χ3v) is 3.10. The first-order chi connectivity index (χ1) is 9.31. The van der Waals surface area contributed by atoms with Gasteiger partial charge in [0.05, 0.1) is 6.10 Å². The number of nitrogens with zero attached hydrogens (tertiary/aromatic N) is 1. The van der Waals surface area contributed by atoms with E-state index in [0.29, 0.717) is 6.54 Å². The fraction of sp³-hybridized carbons (Fsp3) is 0.562. The average Bonchev–Trinajstić information content (AvgIpc) is 2.36. The molecule has 0 spiro atoms. The Hall–Kier alpha value is -1.55. The molecule has 0 aliphatic carbocycles. The van der Waals surface area contributed by atoms with Crippen molar-refractivity contribution in [3.05, 3.63) is 29.3 Å². The van der Waals surface area contributed by atoms with Crippen LogP contribution in [0.25, 0.3) is 0 Å². The number of aliphatic hydroxyl groups is 1. The average molecular weight is 279 g/mol. The lowest BCUT2D eigenvalue weighted by Crippen LogP contribution is -2.43. The molecule has 0 aliphatic rings. The highest BCUT2D eigenvalue weighted by Crippen LogP contribution is 2.19. The van der Waals surface area contributed by atoms with Gasteiger partial charge in [-0.05, 0) is 51.8 Å². The summed E-state index contributed by atoms with van der Waals surface area (Å²) in [6.07, 6.45) is -0.540. The molecule has 0 saturated carbocycles. The summed E-state index contributed by atoms with van der Waals surface area (Å²) in [5.74, 6) is 0.626. The maximum absolute atomic E-state index is 12.2. The van der Waals surface area contributed by atoms with E-state index >= 15 is 0 Å². The Kier molecular flexibility index (Phi) is 6.02. The van der Waals surface area contributed by atoms with Gasteiger partial charge in [-0.15, -0.1) is 0 Å². The first-order valence-corrected chi connectivity index (χ1v) is 6.99. The van der Waals surface area contributed by atoms with Gasteiger partial charge in [0.2, 0.25) is 0 Å². The Morgan fingerprint density at radius 3 is 2.50 bits per heavy atom. The van der Waals surface area contributed by atoms with Gasteiger partial charge in [-0.3, -0.25) is 4.79 Å². The van der Waals surface area contributed by atoms with Gasteiger partial charge in [-0.1, -0.05) is 12.1 Å². The van der Waals surface area contributed by atoms with Gasteiger partial charge >= 0.3 is 0 Å². The van der Waals surface area contributed by atoms with Crippen LogP contribution in [0.15, 0.2) is 18.2 Å². The van der Waals surface area contributed by atoms with Crippen LogP contribution in [0.2, 0.25) is 0 Å². The van der Waals surface area contributed by atoms with E-state index in [1.165, 1.54) is 0 Å². The number of amides is 1. The summed E-state index contributed by atoms with van der Waals surface area (Å²) in [4.78, 5) is 13.8. The van der Waals surface area contributed by atoms with Crippen molar-refractivity contribution < 1.29 is 14.6 Å². The van der Waals surface area contributed by atoms with E-state index in [9.17, 15) is 9.90 Å². The van der Waals surface area contributed by atoms with Crippen LogP contribution in [0.1, 0.15) is 31.9 Å². The molecular weight excluding hydrogens is 254 g/mol. The summed E-state index contributed by atoms with van der Waals surface area (Å²) in [5, 5.41) is 9.45. The monoisotopic (exact) mass is 279 g/mol. The molecule has 112 valence electrons. The van der Waals surface area contributed by atoms with Crippen molar-refractivity contribution in [1.82, 2.24) is 4.90 Å². The Labute approximate surface area is 121 Å². The number of hydrogen-bond acceptors (Lipinski definition) is 3. The molecule has 1 unspecified atom stereocenters. The molecule has 0 bridgehead atoms. The fourth-order valence-electron chi connectivity index (χ4n) is 1.97.